The van der Waals surface area contributed by atoms with Gasteiger partial charge in [0.25, 0.3) is 0 Å². The van der Waals surface area contributed by atoms with Gasteiger partial charge in [0, 0.05) is 47.8 Å². The summed E-state index contributed by atoms with van der Waals surface area (Å²) in [7, 11) is 1.58. The molecule has 51 heavy (non-hydrogen) atoms. The molecule has 1 saturated carbocycles. The number of likely N-dealkylation sites (tertiary alicyclic amines) is 1. The lowest BCUT2D eigenvalue weighted by molar-refractivity contribution is -0.148. The van der Waals surface area contributed by atoms with Crippen molar-refractivity contribution in [3.8, 4) is 22.8 Å². The minimum atomic E-state index is -1.50. The van der Waals surface area contributed by atoms with Crippen LogP contribution in [0.4, 0.5) is 0 Å². The highest BCUT2D eigenvalue weighted by Crippen LogP contribution is 2.45. The van der Waals surface area contributed by atoms with Crippen LogP contribution < -0.4 is 20.1 Å². The number of methoxy groups -OCH3 is 1. The van der Waals surface area contributed by atoms with Crippen LogP contribution in [0.25, 0.3) is 22.2 Å². The second-order valence-corrected chi connectivity index (χ2v) is 14.9. The number of carboxylic acids is 1. The smallest absolute Gasteiger partial charge is 0.330 e. The summed E-state index contributed by atoms with van der Waals surface area (Å²) in [5, 5.41) is 26.9. The lowest BCUT2D eigenvalue weighted by atomic mass is 9.76. The number of aliphatic carboxylic acids is 1. The summed E-state index contributed by atoms with van der Waals surface area (Å²) >= 11 is 0. The standard InChI is InChI=1S/C39H46N4O8/c1-6-23-20-39(23,37(48)49)42-35(46)30-17-25(21-43(30)36(47)27(38(2,3)4)18-32(45)34-31(44)14-15-40-34)51-33-19-28(22-10-8-7-9-11-22)41-29-16-24(50-5)12-13-26(29)33/h6-13,16,19,23,25,27,30-31,34,40,44H,1,14-15,17-18,20-21H2,2-5H3,(H,42,46)(H,48,49)/t23?,25-,27-,30+,31?,34?,39?/m1/s1. The minimum Gasteiger partial charge on any atom is -0.497 e. The Balaban J connectivity index is 1.34. The van der Waals surface area contributed by atoms with Gasteiger partial charge >= 0.3 is 5.97 Å². The summed E-state index contributed by atoms with van der Waals surface area (Å²) in [5.41, 5.74) is -0.0253. The normalized spacial score (nSPS) is 26.4. The van der Waals surface area contributed by atoms with Crippen LogP contribution in [0.1, 0.15) is 46.5 Å². The maximum Gasteiger partial charge on any atom is 0.330 e. The van der Waals surface area contributed by atoms with E-state index in [4.69, 9.17) is 14.5 Å². The van der Waals surface area contributed by atoms with Crippen LogP contribution in [0.3, 0.4) is 0 Å². The van der Waals surface area contributed by atoms with Gasteiger partial charge in [-0.25, -0.2) is 9.78 Å². The van der Waals surface area contributed by atoms with E-state index < -0.39 is 64.9 Å². The van der Waals surface area contributed by atoms with Gasteiger partial charge in [0.2, 0.25) is 11.8 Å². The molecule has 3 aliphatic rings. The van der Waals surface area contributed by atoms with Gasteiger partial charge < -0.3 is 35.2 Å². The lowest BCUT2D eigenvalue weighted by Gasteiger charge is -2.35. The van der Waals surface area contributed by atoms with Crippen LogP contribution in [0, 0.1) is 17.3 Å². The number of rotatable bonds is 12. The number of carbonyl (C=O) groups excluding carboxylic acids is 3. The summed E-state index contributed by atoms with van der Waals surface area (Å²) in [5.74, 6) is -2.62. The van der Waals surface area contributed by atoms with Crippen molar-refractivity contribution in [1.29, 1.82) is 0 Å². The van der Waals surface area contributed by atoms with Crippen molar-refractivity contribution in [2.75, 3.05) is 20.2 Å². The lowest BCUT2D eigenvalue weighted by Crippen LogP contribution is -2.55. The number of aromatic nitrogens is 1. The molecular formula is C39H46N4O8. The predicted molar refractivity (Wildman–Crippen MR) is 190 cm³/mol. The number of carbonyl (C=O) groups is 4. The summed E-state index contributed by atoms with van der Waals surface area (Å²) in [6.45, 7) is 9.83. The van der Waals surface area contributed by atoms with Crippen molar-refractivity contribution in [3.63, 3.8) is 0 Å². The molecular weight excluding hydrogens is 652 g/mol. The van der Waals surface area contributed by atoms with Gasteiger partial charge in [-0.05, 0) is 36.9 Å². The highest BCUT2D eigenvalue weighted by Gasteiger charge is 2.61. The first kappa shape index (κ1) is 36.0. The van der Waals surface area contributed by atoms with E-state index in [0.717, 1.165) is 5.56 Å². The fraction of sp³-hybridized carbons (Fsp3) is 0.462. The van der Waals surface area contributed by atoms with Gasteiger partial charge in [-0.15, -0.1) is 6.58 Å². The Kier molecular flexibility index (Phi) is 9.93. The van der Waals surface area contributed by atoms with Gasteiger partial charge in [-0.2, -0.15) is 0 Å². The van der Waals surface area contributed by atoms with E-state index >= 15 is 0 Å². The van der Waals surface area contributed by atoms with Crippen molar-refractivity contribution in [2.24, 2.45) is 17.3 Å². The third-order valence-electron chi connectivity index (χ3n) is 10.5. The Labute approximate surface area is 297 Å². The molecule has 270 valence electrons. The second kappa shape index (κ2) is 14.1. The average Bonchev–Trinajstić information content (AvgIpc) is 3.39. The highest BCUT2D eigenvalue weighted by atomic mass is 16.5. The first-order chi connectivity index (χ1) is 24.2. The van der Waals surface area contributed by atoms with E-state index in [1.807, 2.05) is 69.3 Å². The Bertz CT molecular complexity index is 1840. The fourth-order valence-electron chi connectivity index (χ4n) is 7.34. The molecule has 12 nitrogen and oxygen atoms in total. The number of nitrogens with one attached hydrogen (secondary N) is 2. The number of hydrogen-bond donors (Lipinski definition) is 4. The summed E-state index contributed by atoms with van der Waals surface area (Å²) in [6, 6.07) is 15.1. The van der Waals surface area contributed by atoms with Gasteiger partial charge in [0.1, 0.15) is 29.2 Å². The summed E-state index contributed by atoms with van der Waals surface area (Å²) in [4.78, 5) is 60.7. The minimum absolute atomic E-state index is 0.0214. The maximum atomic E-state index is 14.6. The third-order valence-corrected chi connectivity index (χ3v) is 10.5. The molecule has 2 aromatic carbocycles. The van der Waals surface area contributed by atoms with E-state index in [1.165, 1.54) is 11.0 Å². The second-order valence-electron chi connectivity index (χ2n) is 14.9. The molecule has 1 aliphatic carbocycles. The summed E-state index contributed by atoms with van der Waals surface area (Å²) < 4.78 is 12.1. The number of ether oxygens (including phenoxy) is 2. The van der Waals surface area contributed by atoms with Crippen LogP contribution in [0.2, 0.25) is 0 Å². The zero-order chi connectivity index (χ0) is 36.7. The number of carboxylic acid groups (broad SMARTS) is 1. The number of benzene rings is 2. The molecule has 1 aromatic heterocycles. The van der Waals surface area contributed by atoms with Crippen molar-refractivity contribution in [1.82, 2.24) is 20.5 Å². The number of amides is 2. The molecule has 2 saturated heterocycles. The SMILES string of the molecule is C=CC1CC1(NC(=O)[C@@H]1C[C@@H](Oc2cc(-c3ccccc3)nc3cc(OC)ccc23)CN1C(=O)[C@@H](CC(=O)C1NCCC1O)C(C)(C)C)C(=O)O. The molecule has 3 fully saturated rings. The van der Waals surface area contributed by atoms with Crippen LogP contribution in [0.15, 0.2) is 67.3 Å². The van der Waals surface area contributed by atoms with E-state index in [-0.39, 0.29) is 31.6 Å². The predicted octanol–water partition coefficient (Wildman–Crippen LogP) is 3.75. The number of ketones is 1. The molecule has 0 spiro atoms. The number of fused-ring (bicyclic) bond motifs is 1. The van der Waals surface area contributed by atoms with Crippen molar-refractivity contribution in [3.05, 3.63) is 67.3 Å². The van der Waals surface area contributed by atoms with Crippen LogP contribution in [-0.4, -0.2) is 93.7 Å². The summed E-state index contributed by atoms with van der Waals surface area (Å²) in [6.07, 6.45) is 0.600. The Hall–Kier alpha value is -4.81. The Morgan fingerprint density at radius 1 is 1.16 bits per heavy atom. The number of Topliss-reactive ketones (excluding diaryl/α,β-unsaturated/α-hetero) is 1. The molecule has 2 aliphatic heterocycles. The number of nitrogens with zero attached hydrogens (tertiary/aromatic N) is 2. The molecule has 12 heteroatoms. The van der Waals surface area contributed by atoms with Crippen LogP contribution >= 0.6 is 0 Å². The molecule has 3 aromatic rings. The van der Waals surface area contributed by atoms with E-state index in [9.17, 15) is 29.4 Å². The molecule has 0 radical (unpaired) electrons. The molecule has 7 atom stereocenters. The first-order valence-electron chi connectivity index (χ1n) is 17.4. The van der Waals surface area contributed by atoms with E-state index in [2.05, 4.69) is 17.2 Å². The van der Waals surface area contributed by atoms with E-state index in [1.54, 1.807) is 13.2 Å². The number of hydrogen-bond acceptors (Lipinski definition) is 9. The number of aliphatic hydroxyl groups is 1. The molecule has 2 amide bonds. The van der Waals surface area contributed by atoms with Crippen molar-refractivity contribution < 1.29 is 38.9 Å². The molecule has 6 rings (SSSR count). The first-order valence-corrected chi connectivity index (χ1v) is 17.4. The fourth-order valence-corrected chi connectivity index (χ4v) is 7.34. The third kappa shape index (κ3) is 7.20. The maximum absolute atomic E-state index is 14.6. The van der Waals surface area contributed by atoms with E-state index in [0.29, 0.717) is 41.1 Å². The molecule has 4 N–H and O–H groups in total. The quantitative estimate of drug-likeness (QED) is 0.205. The Morgan fingerprint density at radius 3 is 2.51 bits per heavy atom. The molecule has 3 heterocycles. The average molecular weight is 699 g/mol. The topological polar surface area (TPSA) is 167 Å². The van der Waals surface area contributed by atoms with Crippen molar-refractivity contribution >= 4 is 34.5 Å². The zero-order valence-corrected chi connectivity index (χ0v) is 29.4. The van der Waals surface area contributed by atoms with Gasteiger partial charge in [0.05, 0.1) is 37.0 Å². The van der Waals surface area contributed by atoms with Gasteiger partial charge in [-0.3, -0.25) is 14.4 Å². The van der Waals surface area contributed by atoms with Crippen molar-refractivity contribution in [2.45, 2.75) is 76.3 Å². The monoisotopic (exact) mass is 698 g/mol. The van der Waals surface area contributed by atoms with Gasteiger partial charge in [0.15, 0.2) is 5.78 Å². The van der Waals surface area contributed by atoms with Gasteiger partial charge in [-0.1, -0.05) is 57.2 Å². The van der Waals surface area contributed by atoms with Crippen LogP contribution in [-0.2, 0) is 19.2 Å². The van der Waals surface area contributed by atoms with Crippen LogP contribution in [0.5, 0.6) is 11.5 Å². The largest absolute Gasteiger partial charge is 0.497 e. The molecule has 0 bridgehead atoms. The zero-order valence-electron chi connectivity index (χ0n) is 29.4. The highest BCUT2D eigenvalue weighted by molar-refractivity contribution is 5.96. The number of pyridine rings is 1. The molecule has 4 unspecified atom stereocenters. The number of aliphatic hydroxyl groups excluding tert-OH is 1. The Morgan fingerprint density at radius 2 is 1.90 bits per heavy atom.